The van der Waals surface area contributed by atoms with E-state index in [4.69, 9.17) is 4.74 Å². The molecule has 1 fully saturated rings. The van der Waals surface area contributed by atoms with Crippen LogP contribution in [0.2, 0.25) is 0 Å². The minimum Gasteiger partial charge on any atom is -0.490 e. The summed E-state index contributed by atoms with van der Waals surface area (Å²) in [5, 5.41) is 10.6. The largest absolute Gasteiger partial charge is 0.490 e. The third-order valence-corrected chi connectivity index (χ3v) is 3.64. The molecule has 0 aliphatic heterocycles. The fourth-order valence-electron chi connectivity index (χ4n) is 2.25. The van der Waals surface area contributed by atoms with E-state index in [0.29, 0.717) is 11.7 Å². The first-order valence-corrected chi connectivity index (χ1v) is 6.82. The highest BCUT2D eigenvalue weighted by Crippen LogP contribution is 2.33. The summed E-state index contributed by atoms with van der Waals surface area (Å²) in [6.07, 6.45) is 2.55. The Bertz CT molecular complexity index is 601. The van der Waals surface area contributed by atoms with Crippen LogP contribution < -0.4 is 4.74 Å². The molecule has 1 unspecified atom stereocenters. The highest BCUT2D eigenvalue weighted by atomic mass is 19.1. The second-order valence-electron chi connectivity index (χ2n) is 5.39. The molecular formula is C17H17FO2. The van der Waals surface area contributed by atoms with Gasteiger partial charge in [0, 0.05) is 5.56 Å². The second-order valence-corrected chi connectivity index (χ2v) is 5.39. The molecule has 20 heavy (non-hydrogen) atoms. The van der Waals surface area contributed by atoms with Crippen molar-refractivity contribution in [2.45, 2.75) is 31.5 Å². The van der Waals surface area contributed by atoms with Gasteiger partial charge in [-0.05, 0) is 43.5 Å². The zero-order valence-electron chi connectivity index (χ0n) is 11.3. The van der Waals surface area contributed by atoms with Crippen LogP contribution in [0.1, 0.15) is 30.9 Å². The summed E-state index contributed by atoms with van der Waals surface area (Å²) in [6.45, 7) is 1.60. The lowest BCUT2D eigenvalue weighted by Crippen LogP contribution is -2.24. The van der Waals surface area contributed by atoms with Gasteiger partial charge in [-0.3, -0.25) is 0 Å². The summed E-state index contributed by atoms with van der Waals surface area (Å²) in [6, 6.07) is 13.5. The lowest BCUT2D eigenvalue weighted by molar-refractivity contribution is 0.0979. The maximum absolute atomic E-state index is 13.8. The lowest BCUT2D eigenvalue weighted by atomic mass is 9.88. The molecule has 0 heterocycles. The molecular weight excluding hydrogens is 255 g/mol. The van der Waals surface area contributed by atoms with Gasteiger partial charge in [0.2, 0.25) is 0 Å². The van der Waals surface area contributed by atoms with Gasteiger partial charge in [-0.1, -0.05) is 30.3 Å². The van der Waals surface area contributed by atoms with Gasteiger partial charge in [0.25, 0.3) is 0 Å². The van der Waals surface area contributed by atoms with E-state index in [9.17, 15) is 9.50 Å². The highest BCUT2D eigenvalue weighted by molar-refractivity contribution is 5.38. The van der Waals surface area contributed by atoms with Gasteiger partial charge in [-0.2, -0.15) is 0 Å². The monoisotopic (exact) mass is 272 g/mol. The smallest absolute Gasteiger partial charge is 0.129 e. The fourth-order valence-corrected chi connectivity index (χ4v) is 2.25. The first-order chi connectivity index (χ1) is 9.57. The Labute approximate surface area is 117 Å². The molecule has 1 N–H and O–H groups in total. The van der Waals surface area contributed by atoms with E-state index in [1.54, 1.807) is 37.3 Å². The van der Waals surface area contributed by atoms with Crippen LogP contribution in [0.3, 0.4) is 0 Å². The molecule has 0 aromatic heterocycles. The maximum atomic E-state index is 13.8. The Morgan fingerprint density at radius 1 is 1.10 bits per heavy atom. The number of aliphatic hydroxyl groups is 1. The molecule has 1 aliphatic rings. The third kappa shape index (κ3) is 2.54. The Morgan fingerprint density at radius 2 is 1.75 bits per heavy atom. The van der Waals surface area contributed by atoms with Crippen LogP contribution in [0.15, 0.2) is 48.5 Å². The zero-order valence-corrected chi connectivity index (χ0v) is 11.3. The van der Waals surface area contributed by atoms with Crippen LogP contribution in [0.25, 0.3) is 0 Å². The summed E-state index contributed by atoms with van der Waals surface area (Å²) >= 11 is 0. The highest BCUT2D eigenvalue weighted by Gasteiger charge is 2.29. The van der Waals surface area contributed by atoms with Crippen LogP contribution in [-0.4, -0.2) is 11.2 Å². The third-order valence-electron chi connectivity index (χ3n) is 3.64. The van der Waals surface area contributed by atoms with Gasteiger partial charge in [0.05, 0.1) is 6.10 Å². The van der Waals surface area contributed by atoms with Crippen LogP contribution >= 0.6 is 0 Å². The summed E-state index contributed by atoms with van der Waals surface area (Å²) in [5.41, 5.74) is -0.440. The van der Waals surface area contributed by atoms with Crippen molar-refractivity contribution in [1.29, 1.82) is 0 Å². The standard InChI is InChI=1S/C17H17FO2/c1-17(19,15-4-2-3-5-16(15)18)12-6-8-13(9-7-12)20-14-10-11-14/h2-9,14,19H,10-11H2,1H3. The molecule has 0 amide bonds. The number of rotatable bonds is 4. The summed E-state index contributed by atoms with van der Waals surface area (Å²) in [5.74, 6) is 0.386. The van der Waals surface area contributed by atoms with E-state index in [2.05, 4.69) is 0 Å². The van der Waals surface area contributed by atoms with E-state index < -0.39 is 11.4 Å². The quantitative estimate of drug-likeness (QED) is 0.921. The minimum absolute atomic E-state index is 0.274. The molecule has 3 rings (SSSR count). The molecule has 2 aromatic rings. The normalized spacial score (nSPS) is 17.6. The molecule has 0 saturated heterocycles. The van der Waals surface area contributed by atoms with Gasteiger partial charge >= 0.3 is 0 Å². The predicted octanol–water partition coefficient (Wildman–Crippen LogP) is 3.62. The van der Waals surface area contributed by atoms with Crippen molar-refractivity contribution < 1.29 is 14.2 Å². The lowest BCUT2D eigenvalue weighted by Gasteiger charge is -2.25. The molecule has 0 radical (unpaired) electrons. The molecule has 1 aliphatic carbocycles. The van der Waals surface area contributed by atoms with Crippen molar-refractivity contribution in [2.24, 2.45) is 0 Å². The van der Waals surface area contributed by atoms with Gasteiger partial charge in [0.1, 0.15) is 17.2 Å². The SMILES string of the molecule is CC(O)(c1ccc(OC2CC2)cc1)c1ccccc1F. The second kappa shape index (κ2) is 4.91. The molecule has 2 aromatic carbocycles. The Hall–Kier alpha value is -1.87. The average Bonchev–Trinajstić information content (AvgIpc) is 3.24. The number of ether oxygens (including phenoxy) is 1. The molecule has 3 heteroatoms. The van der Waals surface area contributed by atoms with Crippen molar-refractivity contribution in [2.75, 3.05) is 0 Å². The average molecular weight is 272 g/mol. The van der Waals surface area contributed by atoms with Gasteiger partial charge in [0.15, 0.2) is 0 Å². The molecule has 104 valence electrons. The number of benzene rings is 2. The van der Waals surface area contributed by atoms with Crippen LogP contribution in [0, 0.1) is 5.82 Å². The molecule has 1 atom stereocenters. The summed E-state index contributed by atoms with van der Waals surface area (Å²) in [4.78, 5) is 0. The first-order valence-electron chi connectivity index (χ1n) is 6.82. The van der Waals surface area contributed by atoms with Crippen molar-refractivity contribution in [3.8, 4) is 5.75 Å². The van der Waals surface area contributed by atoms with Crippen molar-refractivity contribution in [3.05, 3.63) is 65.5 Å². The van der Waals surface area contributed by atoms with E-state index >= 15 is 0 Å². The van der Waals surface area contributed by atoms with Gasteiger partial charge in [-0.25, -0.2) is 4.39 Å². The van der Waals surface area contributed by atoms with Gasteiger partial charge in [-0.15, -0.1) is 0 Å². The predicted molar refractivity (Wildman–Crippen MR) is 75.2 cm³/mol. The Balaban J connectivity index is 1.88. The Morgan fingerprint density at radius 3 is 2.35 bits per heavy atom. The topological polar surface area (TPSA) is 29.5 Å². The molecule has 0 spiro atoms. The number of hydrogen-bond donors (Lipinski definition) is 1. The van der Waals surface area contributed by atoms with Crippen molar-refractivity contribution >= 4 is 0 Å². The zero-order chi connectivity index (χ0) is 14.2. The van der Waals surface area contributed by atoms with E-state index in [1.807, 2.05) is 12.1 Å². The van der Waals surface area contributed by atoms with Crippen LogP contribution in [0.4, 0.5) is 4.39 Å². The van der Waals surface area contributed by atoms with Gasteiger partial charge < -0.3 is 9.84 Å². The molecule has 0 bridgehead atoms. The minimum atomic E-state index is -1.36. The van der Waals surface area contributed by atoms with E-state index in [1.165, 1.54) is 6.07 Å². The molecule has 2 nitrogen and oxygen atoms in total. The Kier molecular flexibility index (Phi) is 3.22. The summed E-state index contributed by atoms with van der Waals surface area (Å²) in [7, 11) is 0. The van der Waals surface area contributed by atoms with Crippen molar-refractivity contribution in [3.63, 3.8) is 0 Å². The summed E-state index contributed by atoms with van der Waals surface area (Å²) < 4.78 is 19.5. The van der Waals surface area contributed by atoms with E-state index in [0.717, 1.165) is 18.6 Å². The van der Waals surface area contributed by atoms with Crippen LogP contribution in [-0.2, 0) is 5.60 Å². The van der Waals surface area contributed by atoms with Crippen molar-refractivity contribution in [1.82, 2.24) is 0 Å². The van der Waals surface area contributed by atoms with Crippen LogP contribution in [0.5, 0.6) is 5.75 Å². The first kappa shape index (κ1) is 13.1. The number of halogens is 1. The van der Waals surface area contributed by atoms with E-state index in [-0.39, 0.29) is 5.56 Å². The maximum Gasteiger partial charge on any atom is 0.129 e. The number of hydrogen-bond acceptors (Lipinski definition) is 2. The fraction of sp³-hybridized carbons (Fsp3) is 0.294. The molecule has 1 saturated carbocycles.